The predicted molar refractivity (Wildman–Crippen MR) is 70.4 cm³/mol. The van der Waals surface area contributed by atoms with Crippen LogP contribution in [0.4, 0.5) is 5.82 Å². The summed E-state index contributed by atoms with van der Waals surface area (Å²) in [6.45, 7) is 1.99. The fraction of sp³-hybridized carbons (Fsp3) is 0.714. The third-order valence-electron chi connectivity index (χ3n) is 3.97. The van der Waals surface area contributed by atoms with Crippen molar-refractivity contribution in [3.63, 3.8) is 0 Å². The van der Waals surface area contributed by atoms with Crippen molar-refractivity contribution in [2.45, 2.75) is 57.9 Å². The molecular formula is C14H21N3O. The summed E-state index contributed by atoms with van der Waals surface area (Å²) < 4.78 is 2.03. The van der Waals surface area contributed by atoms with Crippen LogP contribution in [0.3, 0.4) is 0 Å². The molecule has 4 heteroatoms. The Morgan fingerprint density at radius 2 is 2.11 bits per heavy atom. The van der Waals surface area contributed by atoms with Gasteiger partial charge in [0.15, 0.2) is 0 Å². The maximum atomic E-state index is 11.9. The van der Waals surface area contributed by atoms with Gasteiger partial charge < -0.3 is 5.32 Å². The van der Waals surface area contributed by atoms with Gasteiger partial charge in [-0.1, -0.05) is 12.8 Å². The van der Waals surface area contributed by atoms with E-state index in [1.54, 1.807) is 0 Å². The van der Waals surface area contributed by atoms with Gasteiger partial charge in [-0.15, -0.1) is 0 Å². The van der Waals surface area contributed by atoms with Gasteiger partial charge in [0.2, 0.25) is 5.91 Å². The number of aryl methyl sites for hydroxylation is 1. The number of aromatic nitrogens is 2. The number of hydrogen-bond acceptors (Lipinski definition) is 2. The molecule has 0 spiro atoms. The van der Waals surface area contributed by atoms with Gasteiger partial charge >= 0.3 is 0 Å². The highest BCUT2D eigenvalue weighted by atomic mass is 16.1. The number of nitrogens with zero attached hydrogens (tertiary/aromatic N) is 2. The normalized spacial score (nSPS) is 20.3. The Bertz CT molecular complexity index is 442. The standard InChI is InChI=1S/C14H21N3O/c1-10-8-13(15-14(18)9-11-6-7-11)17(16-10)12-4-2-3-5-12/h8,11-12H,2-7,9H2,1H3,(H,15,18). The Labute approximate surface area is 108 Å². The molecule has 2 saturated carbocycles. The number of carbonyl (C=O) groups excluding carboxylic acids is 1. The van der Waals surface area contributed by atoms with E-state index in [1.165, 1.54) is 38.5 Å². The molecule has 2 aliphatic carbocycles. The zero-order valence-electron chi connectivity index (χ0n) is 11.0. The lowest BCUT2D eigenvalue weighted by Crippen LogP contribution is -2.17. The summed E-state index contributed by atoms with van der Waals surface area (Å²) in [5, 5.41) is 7.58. The van der Waals surface area contributed by atoms with Gasteiger partial charge in [0, 0.05) is 12.5 Å². The highest BCUT2D eigenvalue weighted by Crippen LogP contribution is 2.34. The number of anilines is 1. The van der Waals surface area contributed by atoms with Crippen LogP contribution in [0, 0.1) is 12.8 Å². The summed E-state index contributed by atoms with van der Waals surface area (Å²) in [7, 11) is 0. The monoisotopic (exact) mass is 247 g/mol. The van der Waals surface area contributed by atoms with Crippen LogP contribution in [-0.2, 0) is 4.79 Å². The van der Waals surface area contributed by atoms with Gasteiger partial charge in [0.25, 0.3) is 0 Å². The molecule has 2 aliphatic rings. The van der Waals surface area contributed by atoms with Crippen LogP contribution < -0.4 is 5.32 Å². The third-order valence-corrected chi connectivity index (χ3v) is 3.97. The van der Waals surface area contributed by atoms with E-state index in [-0.39, 0.29) is 5.91 Å². The minimum Gasteiger partial charge on any atom is -0.311 e. The molecule has 0 unspecified atom stereocenters. The molecule has 2 fully saturated rings. The minimum absolute atomic E-state index is 0.150. The zero-order valence-corrected chi connectivity index (χ0v) is 11.0. The number of hydrogen-bond donors (Lipinski definition) is 1. The van der Waals surface area contributed by atoms with E-state index in [2.05, 4.69) is 10.4 Å². The molecule has 1 heterocycles. The zero-order chi connectivity index (χ0) is 12.5. The molecule has 1 N–H and O–H groups in total. The van der Waals surface area contributed by atoms with Crippen molar-refractivity contribution in [3.8, 4) is 0 Å². The van der Waals surface area contributed by atoms with Crippen molar-refractivity contribution in [2.75, 3.05) is 5.32 Å². The number of amides is 1. The van der Waals surface area contributed by atoms with E-state index >= 15 is 0 Å². The van der Waals surface area contributed by atoms with E-state index in [9.17, 15) is 4.79 Å². The van der Waals surface area contributed by atoms with E-state index in [4.69, 9.17) is 0 Å². The average molecular weight is 247 g/mol. The molecule has 1 aromatic rings. The maximum absolute atomic E-state index is 11.9. The Morgan fingerprint density at radius 1 is 1.39 bits per heavy atom. The van der Waals surface area contributed by atoms with Crippen LogP contribution >= 0.6 is 0 Å². The summed E-state index contributed by atoms with van der Waals surface area (Å²) in [4.78, 5) is 11.9. The lowest BCUT2D eigenvalue weighted by molar-refractivity contribution is -0.116. The molecule has 1 aromatic heterocycles. The summed E-state index contributed by atoms with van der Waals surface area (Å²) >= 11 is 0. The Balaban J connectivity index is 1.71. The Kier molecular flexibility index (Phi) is 3.10. The quantitative estimate of drug-likeness (QED) is 0.889. The second-order valence-corrected chi connectivity index (χ2v) is 5.75. The summed E-state index contributed by atoms with van der Waals surface area (Å²) in [6, 6.07) is 2.47. The molecule has 0 bridgehead atoms. The molecular weight excluding hydrogens is 226 g/mol. The largest absolute Gasteiger partial charge is 0.311 e. The number of carbonyl (C=O) groups is 1. The van der Waals surface area contributed by atoms with Crippen molar-refractivity contribution in [1.29, 1.82) is 0 Å². The molecule has 98 valence electrons. The minimum atomic E-state index is 0.150. The SMILES string of the molecule is Cc1cc(NC(=O)CC2CC2)n(C2CCCC2)n1. The lowest BCUT2D eigenvalue weighted by Gasteiger charge is -2.14. The summed E-state index contributed by atoms with van der Waals surface area (Å²) in [5.41, 5.74) is 0.989. The topological polar surface area (TPSA) is 46.9 Å². The summed E-state index contributed by atoms with van der Waals surface area (Å²) in [5.74, 6) is 1.68. The van der Waals surface area contributed by atoms with Crippen LogP contribution in [-0.4, -0.2) is 15.7 Å². The molecule has 18 heavy (non-hydrogen) atoms. The molecule has 3 rings (SSSR count). The second kappa shape index (κ2) is 4.75. The first-order valence-corrected chi connectivity index (χ1v) is 7.08. The fourth-order valence-electron chi connectivity index (χ4n) is 2.82. The lowest BCUT2D eigenvalue weighted by atomic mass is 10.2. The van der Waals surface area contributed by atoms with Crippen LogP contribution in [0.1, 0.15) is 56.7 Å². The van der Waals surface area contributed by atoms with E-state index in [0.717, 1.165) is 11.5 Å². The number of rotatable bonds is 4. The Hall–Kier alpha value is -1.32. The molecule has 1 amide bonds. The van der Waals surface area contributed by atoms with Gasteiger partial charge in [-0.2, -0.15) is 5.10 Å². The van der Waals surface area contributed by atoms with Gasteiger partial charge in [-0.3, -0.25) is 4.79 Å². The van der Waals surface area contributed by atoms with Crippen molar-refractivity contribution in [1.82, 2.24) is 9.78 Å². The summed E-state index contributed by atoms with van der Waals surface area (Å²) in [6.07, 6.45) is 8.04. The molecule has 0 radical (unpaired) electrons. The first-order chi connectivity index (χ1) is 8.72. The van der Waals surface area contributed by atoms with E-state index in [0.29, 0.717) is 18.4 Å². The van der Waals surface area contributed by atoms with Crippen molar-refractivity contribution in [3.05, 3.63) is 11.8 Å². The van der Waals surface area contributed by atoms with Crippen molar-refractivity contribution >= 4 is 11.7 Å². The molecule has 0 saturated heterocycles. The molecule has 0 aliphatic heterocycles. The highest BCUT2D eigenvalue weighted by molar-refractivity contribution is 5.90. The van der Waals surface area contributed by atoms with Crippen molar-refractivity contribution < 1.29 is 4.79 Å². The molecule has 0 atom stereocenters. The average Bonchev–Trinajstić information content (AvgIpc) is 2.85. The molecule has 4 nitrogen and oxygen atoms in total. The highest BCUT2D eigenvalue weighted by Gasteiger charge is 2.26. The van der Waals surface area contributed by atoms with Gasteiger partial charge in [-0.05, 0) is 38.5 Å². The third kappa shape index (κ3) is 2.57. The number of nitrogens with one attached hydrogen (secondary N) is 1. The smallest absolute Gasteiger partial charge is 0.225 e. The van der Waals surface area contributed by atoms with Crippen LogP contribution in [0.2, 0.25) is 0 Å². The molecule has 0 aromatic carbocycles. The van der Waals surface area contributed by atoms with Gasteiger partial charge in [0.05, 0.1) is 11.7 Å². The maximum Gasteiger partial charge on any atom is 0.225 e. The van der Waals surface area contributed by atoms with Crippen LogP contribution in [0.25, 0.3) is 0 Å². The van der Waals surface area contributed by atoms with E-state index in [1.807, 2.05) is 17.7 Å². The fourth-order valence-corrected chi connectivity index (χ4v) is 2.82. The van der Waals surface area contributed by atoms with Crippen LogP contribution in [0.5, 0.6) is 0 Å². The van der Waals surface area contributed by atoms with Crippen molar-refractivity contribution in [2.24, 2.45) is 5.92 Å². The second-order valence-electron chi connectivity index (χ2n) is 5.75. The van der Waals surface area contributed by atoms with Gasteiger partial charge in [0.1, 0.15) is 5.82 Å². The van der Waals surface area contributed by atoms with Gasteiger partial charge in [-0.25, -0.2) is 4.68 Å². The predicted octanol–water partition coefficient (Wildman–Crippen LogP) is 3.05. The van der Waals surface area contributed by atoms with Crippen LogP contribution in [0.15, 0.2) is 6.07 Å². The first kappa shape index (κ1) is 11.8. The first-order valence-electron chi connectivity index (χ1n) is 7.08. The Morgan fingerprint density at radius 3 is 2.78 bits per heavy atom. The van der Waals surface area contributed by atoms with E-state index < -0.39 is 0 Å².